The van der Waals surface area contributed by atoms with Gasteiger partial charge in [-0.2, -0.15) is 4.31 Å². The standard InChI is InChI=1S/C22H23ClN2O5S/c1-3-29-16-7-9-17(10-8-16)31(27,28)25-13-11-24(12-14-25)22(26)20-15(2)18-5-4-6-19(23)21(18)30-20/h4-10H,3,11-14H2,1-2H3. The van der Waals surface area contributed by atoms with Gasteiger partial charge in [-0.1, -0.05) is 23.7 Å². The number of sulfonamides is 1. The maximum atomic E-state index is 13.0. The SMILES string of the molecule is CCOc1ccc(S(=O)(=O)N2CCN(C(=O)c3oc4c(Cl)cccc4c3C)CC2)cc1. The molecule has 2 heterocycles. The Labute approximate surface area is 186 Å². The summed E-state index contributed by atoms with van der Waals surface area (Å²) in [5, 5.41) is 1.25. The lowest BCUT2D eigenvalue weighted by Gasteiger charge is -2.33. The molecule has 0 aliphatic carbocycles. The first-order chi connectivity index (χ1) is 14.8. The van der Waals surface area contributed by atoms with Crippen molar-refractivity contribution in [3.05, 3.63) is 58.8 Å². The van der Waals surface area contributed by atoms with Crippen LogP contribution in [0.25, 0.3) is 11.0 Å². The minimum Gasteiger partial charge on any atom is -0.494 e. The minimum atomic E-state index is -3.64. The average molecular weight is 463 g/mol. The Balaban J connectivity index is 1.47. The van der Waals surface area contributed by atoms with E-state index in [1.54, 1.807) is 35.2 Å². The van der Waals surface area contributed by atoms with Crippen LogP contribution in [0.15, 0.2) is 51.8 Å². The van der Waals surface area contributed by atoms with Gasteiger partial charge in [0.1, 0.15) is 5.75 Å². The molecule has 7 nitrogen and oxygen atoms in total. The van der Waals surface area contributed by atoms with E-state index in [1.807, 2.05) is 26.0 Å². The van der Waals surface area contributed by atoms with E-state index in [9.17, 15) is 13.2 Å². The van der Waals surface area contributed by atoms with Crippen molar-refractivity contribution in [1.82, 2.24) is 9.21 Å². The number of hydrogen-bond acceptors (Lipinski definition) is 5. The number of ether oxygens (including phenoxy) is 1. The van der Waals surface area contributed by atoms with Crippen molar-refractivity contribution in [2.24, 2.45) is 0 Å². The van der Waals surface area contributed by atoms with Crippen molar-refractivity contribution in [1.29, 1.82) is 0 Å². The van der Waals surface area contributed by atoms with E-state index >= 15 is 0 Å². The average Bonchev–Trinajstić information content (AvgIpc) is 3.12. The minimum absolute atomic E-state index is 0.207. The van der Waals surface area contributed by atoms with Crippen LogP contribution >= 0.6 is 11.6 Å². The second-order valence-corrected chi connectivity index (χ2v) is 9.62. The molecule has 0 atom stereocenters. The molecule has 4 rings (SSSR count). The third kappa shape index (κ3) is 4.03. The maximum Gasteiger partial charge on any atom is 0.289 e. The molecule has 9 heteroatoms. The first kappa shape index (κ1) is 21.7. The molecule has 1 saturated heterocycles. The number of carbonyl (C=O) groups excluding carboxylic acids is 1. The van der Waals surface area contributed by atoms with Crippen LogP contribution in [0.3, 0.4) is 0 Å². The Morgan fingerprint density at radius 2 is 1.77 bits per heavy atom. The highest BCUT2D eigenvalue weighted by atomic mass is 35.5. The van der Waals surface area contributed by atoms with Gasteiger partial charge in [-0.25, -0.2) is 8.42 Å². The Kier molecular flexibility index (Phi) is 5.96. The van der Waals surface area contributed by atoms with Gasteiger partial charge in [-0.15, -0.1) is 0 Å². The fourth-order valence-corrected chi connectivity index (χ4v) is 5.35. The number of halogens is 1. The van der Waals surface area contributed by atoms with Crippen LogP contribution in [0.5, 0.6) is 5.75 Å². The largest absolute Gasteiger partial charge is 0.494 e. The van der Waals surface area contributed by atoms with Gasteiger partial charge < -0.3 is 14.1 Å². The highest BCUT2D eigenvalue weighted by Gasteiger charge is 2.32. The van der Waals surface area contributed by atoms with Crippen LogP contribution < -0.4 is 4.74 Å². The molecule has 1 aromatic heterocycles. The number of para-hydroxylation sites is 1. The first-order valence-corrected chi connectivity index (χ1v) is 11.8. The van der Waals surface area contributed by atoms with Crippen LogP contribution in [0, 0.1) is 6.92 Å². The molecule has 0 unspecified atom stereocenters. The summed E-state index contributed by atoms with van der Waals surface area (Å²) < 4.78 is 38.5. The molecule has 1 aliphatic heterocycles. The molecule has 0 radical (unpaired) electrons. The van der Waals surface area contributed by atoms with Crippen LogP contribution in [-0.2, 0) is 10.0 Å². The molecule has 0 N–H and O–H groups in total. The van der Waals surface area contributed by atoms with Crippen LogP contribution in [-0.4, -0.2) is 56.3 Å². The Morgan fingerprint density at radius 1 is 1.10 bits per heavy atom. The van der Waals surface area contributed by atoms with E-state index in [-0.39, 0.29) is 42.7 Å². The lowest BCUT2D eigenvalue weighted by atomic mass is 10.1. The zero-order valence-corrected chi connectivity index (χ0v) is 18.9. The van der Waals surface area contributed by atoms with Crippen molar-refractivity contribution < 1.29 is 22.4 Å². The van der Waals surface area contributed by atoms with E-state index in [1.165, 1.54) is 4.31 Å². The predicted molar refractivity (Wildman–Crippen MR) is 118 cm³/mol. The van der Waals surface area contributed by atoms with Crippen LogP contribution in [0.4, 0.5) is 0 Å². The van der Waals surface area contributed by atoms with Gasteiger partial charge in [0.25, 0.3) is 5.91 Å². The quantitative estimate of drug-likeness (QED) is 0.573. The predicted octanol–water partition coefficient (Wildman–Crippen LogP) is 3.94. The van der Waals surface area contributed by atoms with Crippen molar-refractivity contribution >= 4 is 38.5 Å². The smallest absolute Gasteiger partial charge is 0.289 e. The molecule has 0 bridgehead atoms. The third-order valence-electron chi connectivity index (χ3n) is 5.41. The second kappa shape index (κ2) is 8.53. The zero-order valence-electron chi connectivity index (χ0n) is 17.3. The fourth-order valence-electron chi connectivity index (χ4n) is 3.71. The molecule has 0 saturated carbocycles. The summed E-state index contributed by atoms with van der Waals surface area (Å²) in [4.78, 5) is 14.9. The number of nitrogens with zero attached hydrogens (tertiary/aromatic N) is 2. The van der Waals surface area contributed by atoms with Gasteiger partial charge in [0.15, 0.2) is 11.3 Å². The number of aryl methyl sites for hydroxylation is 1. The van der Waals surface area contributed by atoms with Crippen molar-refractivity contribution in [2.45, 2.75) is 18.7 Å². The van der Waals surface area contributed by atoms with Gasteiger partial charge in [0.05, 0.1) is 16.5 Å². The number of piperazine rings is 1. The summed E-state index contributed by atoms with van der Waals surface area (Å²) in [5.74, 6) is 0.604. The molecule has 1 aliphatic rings. The summed E-state index contributed by atoms with van der Waals surface area (Å²) in [6.45, 7) is 5.18. The normalized spacial score (nSPS) is 15.4. The van der Waals surface area contributed by atoms with E-state index in [0.29, 0.717) is 23.0 Å². The number of carbonyl (C=O) groups is 1. The molecule has 2 aromatic carbocycles. The molecule has 1 fully saturated rings. The zero-order chi connectivity index (χ0) is 22.2. The number of hydrogen-bond donors (Lipinski definition) is 0. The van der Waals surface area contributed by atoms with Gasteiger partial charge in [0, 0.05) is 37.1 Å². The number of fused-ring (bicyclic) bond motifs is 1. The lowest BCUT2D eigenvalue weighted by molar-refractivity contribution is 0.0667. The number of rotatable bonds is 5. The van der Waals surface area contributed by atoms with Crippen molar-refractivity contribution in [3.8, 4) is 5.75 Å². The third-order valence-corrected chi connectivity index (χ3v) is 7.62. The lowest BCUT2D eigenvalue weighted by Crippen LogP contribution is -2.50. The maximum absolute atomic E-state index is 13.0. The number of benzene rings is 2. The topological polar surface area (TPSA) is 80.1 Å². The summed E-state index contributed by atoms with van der Waals surface area (Å²) >= 11 is 6.19. The van der Waals surface area contributed by atoms with Crippen LogP contribution in [0.1, 0.15) is 23.0 Å². The van der Waals surface area contributed by atoms with E-state index < -0.39 is 10.0 Å². The number of furan rings is 1. The van der Waals surface area contributed by atoms with E-state index in [2.05, 4.69) is 0 Å². The Morgan fingerprint density at radius 3 is 2.39 bits per heavy atom. The van der Waals surface area contributed by atoms with Crippen LogP contribution in [0.2, 0.25) is 5.02 Å². The second-order valence-electron chi connectivity index (χ2n) is 7.27. The summed E-state index contributed by atoms with van der Waals surface area (Å²) in [6.07, 6.45) is 0. The fraction of sp³-hybridized carbons (Fsp3) is 0.318. The van der Waals surface area contributed by atoms with E-state index in [4.69, 9.17) is 20.8 Å². The van der Waals surface area contributed by atoms with E-state index in [0.717, 1.165) is 10.9 Å². The van der Waals surface area contributed by atoms with Gasteiger partial charge >= 0.3 is 0 Å². The van der Waals surface area contributed by atoms with Gasteiger partial charge in [-0.05, 0) is 44.2 Å². The molecule has 0 spiro atoms. The number of amides is 1. The highest BCUT2D eigenvalue weighted by molar-refractivity contribution is 7.89. The van der Waals surface area contributed by atoms with Crippen molar-refractivity contribution in [2.75, 3.05) is 32.8 Å². The molecule has 164 valence electrons. The Hall–Kier alpha value is -2.55. The monoisotopic (exact) mass is 462 g/mol. The molecule has 1 amide bonds. The summed E-state index contributed by atoms with van der Waals surface area (Å²) in [5.41, 5.74) is 1.22. The molecule has 31 heavy (non-hydrogen) atoms. The molecular formula is C22H23ClN2O5S. The van der Waals surface area contributed by atoms with Gasteiger partial charge in [-0.3, -0.25) is 4.79 Å². The molecular weight excluding hydrogens is 440 g/mol. The Bertz CT molecular complexity index is 1210. The van der Waals surface area contributed by atoms with Crippen molar-refractivity contribution in [3.63, 3.8) is 0 Å². The highest BCUT2D eigenvalue weighted by Crippen LogP contribution is 2.31. The van der Waals surface area contributed by atoms with Gasteiger partial charge in [0.2, 0.25) is 10.0 Å². The molecule has 3 aromatic rings. The summed E-state index contributed by atoms with van der Waals surface area (Å²) in [7, 11) is -3.64. The first-order valence-electron chi connectivity index (χ1n) is 10.0. The summed E-state index contributed by atoms with van der Waals surface area (Å²) in [6, 6.07) is 11.8.